The molecule has 9 nitrogen and oxygen atoms in total. The molecule has 0 heterocycles. The molecule has 144 valence electrons. The predicted octanol–water partition coefficient (Wildman–Crippen LogP) is 0.0459. The van der Waals surface area contributed by atoms with E-state index in [1.165, 1.54) is 18.2 Å². The fourth-order valence-corrected chi connectivity index (χ4v) is 2.08. The summed E-state index contributed by atoms with van der Waals surface area (Å²) in [6, 6.07) is 3.44. The van der Waals surface area contributed by atoms with E-state index in [1.807, 2.05) is 0 Å². The summed E-state index contributed by atoms with van der Waals surface area (Å²) in [6.45, 7) is 1.52. The summed E-state index contributed by atoms with van der Waals surface area (Å²) < 4.78 is 4.77. The Morgan fingerprint density at radius 3 is 2.67 bits per heavy atom. The quantitative estimate of drug-likeness (QED) is 0.212. The van der Waals surface area contributed by atoms with E-state index in [0.29, 0.717) is 0 Å². The molecule has 10 heteroatoms. The van der Waals surface area contributed by atoms with Crippen LogP contribution < -0.4 is 22.1 Å². The number of terminal acetylenes is 1. The number of amides is 2. The van der Waals surface area contributed by atoms with Crippen LogP contribution in [-0.4, -0.2) is 42.9 Å². The van der Waals surface area contributed by atoms with Gasteiger partial charge in [0.25, 0.3) is 5.91 Å². The third-order valence-electron chi connectivity index (χ3n) is 3.08. The maximum atomic E-state index is 12.2. The molecule has 0 aromatic heterocycles. The molecule has 0 bridgehead atoms. The average Bonchev–Trinajstić information content (AvgIpc) is 2.60. The molecule has 0 aliphatic carbocycles. The molecule has 1 aromatic rings. The topological polar surface area (TPSA) is 149 Å². The smallest absolute Gasteiger partial charge is 0.308 e. The van der Waals surface area contributed by atoms with E-state index in [4.69, 9.17) is 34.2 Å². The number of nitrogens with one attached hydrogen (secondary N) is 2. The van der Waals surface area contributed by atoms with Crippen molar-refractivity contribution in [1.29, 1.82) is 0 Å². The van der Waals surface area contributed by atoms with E-state index in [2.05, 4.69) is 21.5 Å². The van der Waals surface area contributed by atoms with Crippen molar-refractivity contribution in [3.8, 4) is 12.3 Å². The highest BCUT2D eigenvalue weighted by Crippen LogP contribution is 2.25. The van der Waals surface area contributed by atoms with Crippen molar-refractivity contribution in [1.82, 2.24) is 10.6 Å². The van der Waals surface area contributed by atoms with E-state index in [9.17, 15) is 14.4 Å². The van der Waals surface area contributed by atoms with Gasteiger partial charge in [-0.2, -0.15) is 0 Å². The van der Waals surface area contributed by atoms with Gasteiger partial charge in [0.1, 0.15) is 6.04 Å². The van der Waals surface area contributed by atoms with Crippen molar-refractivity contribution >= 4 is 41.0 Å². The Balaban J connectivity index is 2.63. The van der Waals surface area contributed by atoms with Gasteiger partial charge >= 0.3 is 5.97 Å². The third kappa shape index (κ3) is 7.66. The summed E-state index contributed by atoms with van der Waals surface area (Å²) in [5.74, 6) is 0.427. The number of rotatable bonds is 8. The average molecular weight is 394 g/mol. The van der Waals surface area contributed by atoms with Gasteiger partial charge in [0.2, 0.25) is 5.91 Å². The molecule has 0 unspecified atom stereocenters. The van der Waals surface area contributed by atoms with Crippen molar-refractivity contribution < 1.29 is 19.1 Å². The fourth-order valence-electron chi connectivity index (χ4n) is 1.92. The van der Waals surface area contributed by atoms with Gasteiger partial charge in [-0.1, -0.05) is 17.5 Å². The first-order valence-corrected chi connectivity index (χ1v) is 8.23. The number of hydrogen-bond donors (Lipinski definition) is 4. The van der Waals surface area contributed by atoms with Crippen LogP contribution in [0.15, 0.2) is 23.2 Å². The molecule has 1 aromatic carbocycles. The largest absolute Gasteiger partial charge is 0.466 e. The first-order chi connectivity index (χ1) is 12.8. The van der Waals surface area contributed by atoms with Crippen LogP contribution in [0.4, 0.5) is 5.69 Å². The number of ether oxygens (including phenoxy) is 1. The number of nitrogens with zero attached hydrogens (tertiary/aromatic N) is 1. The Kier molecular flexibility index (Phi) is 8.62. The van der Waals surface area contributed by atoms with Crippen LogP contribution in [0.5, 0.6) is 0 Å². The summed E-state index contributed by atoms with van der Waals surface area (Å²) in [5, 5.41) is 5.12. The van der Waals surface area contributed by atoms with E-state index in [1.54, 1.807) is 6.92 Å². The number of guanidine groups is 1. The van der Waals surface area contributed by atoms with Crippen LogP contribution in [0.1, 0.15) is 23.7 Å². The van der Waals surface area contributed by atoms with E-state index < -0.39 is 23.8 Å². The molecular formula is C17H20ClN5O4. The third-order valence-corrected chi connectivity index (χ3v) is 3.40. The Labute approximate surface area is 161 Å². The van der Waals surface area contributed by atoms with Crippen LogP contribution in [0.25, 0.3) is 0 Å². The second-order valence-corrected chi connectivity index (χ2v) is 5.59. The summed E-state index contributed by atoms with van der Waals surface area (Å²) in [7, 11) is 0. The Bertz CT molecular complexity index is 784. The molecule has 0 spiro atoms. The van der Waals surface area contributed by atoms with Crippen molar-refractivity contribution in [2.75, 3.05) is 13.2 Å². The molecule has 0 aliphatic heterocycles. The molecule has 0 aliphatic rings. The molecule has 1 atom stereocenters. The number of nitrogens with two attached hydrogens (primary N) is 2. The summed E-state index contributed by atoms with van der Waals surface area (Å²) in [6.07, 6.45) is 5.11. The number of carbonyl (C=O) groups is 3. The highest BCUT2D eigenvalue weighted by atomic mass is 35.5. The molecule has 0 fully saturated rings. The van der Waals surface area contributed by atoms with Crippen molar-refractivity contribution in [3.05, 3.63) is 28.8 Å². The summed E-state index contributed by atoms with van der Waals surface area (Å²) in [4.78, 5) is 39.3. The fraction of sp³-hybridized carbons (Fsp3) is 0.294. The number of hydrogen-bond acceptors (Lipinski definition) is 5. The molecule has 1 rings (SSSR count). The van der Waals surface area contributed by atoms with E-state index in [-0.39, 0.29) is 41.8 Å². The molecular weight excluding hydrogens is 374 g/mol. The van der Waals surface area contributed by atoms with E-state index >= 15 is 0 Å². The molecule has 0 saturated heterocycles. The van der Waals surface area contributed by atoms with Gasteiger partial charge < -0.3 is 26.8 Å². The van der Waals surface area contributed by atoms with Crippen molar-refractivity contribution in [2.24, 2.45) is 16.5 Å². The molecule has 6 N–H and O–H groups in total. The Morgan fingerprint density at radius 1 is 1.37 bits per heavy atom. The maximum absolute atomic E-state index is 12.2. The lowest BCUT2D eigenvalue weighted by molar-refractivity contribution is -0.143. The molecule has 27 heavy (non-hydrogen) atoms. The second-order valence-electron chi connectivity index (χ2n) is 5.18. The van der Waals surface area contributed by atoms with Crippen molar-refractivity contribution in [2.45, 2.75) is 19.4 Å². The normalized spacial score (nSPS) is 10.9. The minimum absolute atomic E-state index is 0.164. The monoisotopic (exact) mass is 393 g/mol. The zero-order valence-electron chi connectivity index (χ0n) is 14.6. The van der Waals surface area contributed by atoms with Gasteiger partial charge in [-0.25, -0.2) is 4.99 Å². The van der Waals surface area contributed by atoms with Gasteiger partial charge in [-0.3, -0.25) is 14.4 Å². The lowest BCUT2D eigenvalue weighted by atomic mass is 10.2. The van der Waals surface area contributed by atoms with Crippen LogP contribution >= 0.6 is 11.6 Å². The number of carbonyl (C=O) groups excluding carboxylic acids is 3. The minimum Gasteiger partial charge on any atom is -0.466 e. The lowest BCUT2D eigenvalue weighted by Gasteiger charge is -2.13. The van der Waals surface area contributed by atoms with Gasteiger partial charge in [0, 0.05) is 5.56 Å². The maximum Gasteiger partial charge on any atom is 0.308 e. The zero-order valence-corrected chi connectivity index (χ0v) is 15.4. The molecule has 0 radical (unpaired) electrons. The number of aliphatic imine (C=N–C) groups is 1. The Hall–Kier alpha value is -3.25. The lowest BCUT2D eigenvalue weighted by Crippen LogP contribution is -2.42. The minimum atomic E-state index is -0.836. The van der Waals surface area contributed by atoms with Crippen LogP contribution in [0.3, 0.4) is 0 Å². The highest BCUT2D eigenvalue weighted by Gasteiger charge is 2.16. The van der Waals surface area contributed by atoms with Crippen LogP contribution in [0.2, 0.25) is 5.02 Å². The van der Waals surface area contributed by atoms with Crippen molar-refractivity contribution in [3.63, 3.8) is 0 Å². The molecule has 2 amide bonds. The van der Waals surface area contributed by atoms with Crippen LogP contribution in [-0.2, 0) is 14.3 Å². The highest BCUT2D eigenvalue weighted by molar-refractivity contribution is 6.33. The van der Waals surface area contributed by atoms with Gasteiger partial charge in [-0.05, 0) is 25.1 Å². The number of esters is 1. The number of halogens is 1. The van der Waals surface area contributed by atoms with Gasteiger partial charge in [-0.15, -0.1) is 6.42 Å². The van der Waals surface area contributed by atoms with Gasteiger partial charge in [0.05, 0.1) is 30.3 Å². The van der Waals surface area contributed by atoms with E-state index in [0.717, 1.165) is 0 Å². The zero-order chi connectivity index (χ0) is 20.4. The molecule has 0 saturated carbocycles. The predicted molar refractivity (Wildman–Crippen MR) is 101 cm³/mol. The second kappa shape index (κ2) is 10.7. The first kappa shape index (κ1) is 21.8. The summed E-state index contributed by atoms with van der Waals surface area (Å²) in [5.41, 5.74) is 11.0. The van der Waals surface area contributed by atoms with Gasteiger partial charge in [0.15, 0.2) is 5.96 Å². The summed E-state index contributed by atoms with van der Waals surface area (Å²) >= 11 is 5.94. The first-order valence-electron chi connectivity index (χ1n) is 7.85. The number of benzene rings is 1. The standard InChI is InChI=1S/C17H20ClN5O4/c1-3-11(8-15(25)27-4-2)22-14(24)9-21-16(26)10-5-6-12(18)13(7-10)23-17(19)20/h1,5-7,11H,4,8-9H2,2H3,(H,21,26)(H,22,24)(H4,19,20,23)/t11-/m1/s1. The SMILES string of the molecule is C#C[C@H](CC(=O)OCC)NC(=O)CNC(=O)c1ccc(Cl)c(N=C(N)N)c1. The Morgan fingerprint density at radius 2 is 2.07 bits per heavy atom. The van der Waals surface area contributed by atoms with Crippen LogP contribution in [0, 0.1) is 12.3 Å².